The van der Waals surface area contributed by atoms with Crippen molar-refractivity contribution >= 4 is 18.4 Å². The van der Waals surface area contributed by atoms with Crippen LogP contribution in [0.5, 0.6) is 0 Å². The Morgan fingerprint density at radius 3 is 2.03 bits per heavy atom. The Kier molecular flexibility index (Phi) is 9.23. The Bertz CT molecular complexity index is 796. The maximum Gasteiger partial charge on any atom is 0.523 e. The van der Waals surface area contributed by atoms with Crippen molar-refractivity contribution in [2.45, 2.75) is 56.9 Å². The number of alkyl halides is 5. The first kappa shape index (κ1) is 28.0. The molecule has 0 saturated heterocycles. The number of hydrogen-bond donors (Lipinski definition) is 0. The largest absolute Gasteiger partial charge is 0.523 e. The zero-order chi connectivity index (χ0) is 24.1. The van der Waals surface area contributed by atoms with Crippen LogP contribution in [0.15, 0.2) is 30.3 Å². The molecule has 0 spiro atoms. The van der Waals surface area contributed by atoms with Crippen LogP contribution in [0.3, 0.4) is 0 Å². The highest BCUT2D eigenvalue weighted by Gasteiger charge is 2.49. The Morgan fingerprint density at radius 1 is 1.00 bits per heavy atom. The smallest absolute Gasteiger partial charge is 0.416 e. The zero-order valence-corrected chi connectivity index (χ0v) is 20.1. The molecule has 31 heavy (non-hydrogen) atoms. The summed E-state index contributed by atoms with van der Waals surface area (Å²) in [6, 6.07) is 8.68. The topological polar surface area (TPSA) is 55.8 Å². The van der Waals surface area contributed by atoms with Gasteiger partial charge in [0.2, 0.25) is 0 Å². The van der Waals surface area contributed by atoms with E-state index in [0.717, 1.165) is 5.56 Å². The van der Waals surface area contributed by atoms with E-state index >= 15 is 0 Å². The summed E-state index contributed by atoms with van der Waals surface area (Å²) in [4.78, 5) is 1.31. The molecule has 0 saturated carbocycles. The van der Waals surface area contributed by atoms with Crippen LogP contribution in [0.1, 0.15) is 26.3 Å². The predicted molar refractivity (Wildman–Crippen MR) is 111 cm³/mol. The van der Waals surface area contributed by atoms with Crippen LogP contribution in [-0.4, -0.2) is 59.4 Å². The molecule has 0 aliphatic heterocycles. The first-order chi connectivity index (χ1) is 13.9. The zero-order valence-electron chi connectivity index (χ0n) is 18.3. The maximum atomic E-state index is 14.3. The van der Waals surface area contributed by atoms with Crippen LogP contribution in [0.25, 0.3) is 0 Å². The molecule has 0 aliphatic carbocycles. The van der Waals surface area contributed by atoms with Crippen molar-refractivity contribution in [2.24, 2.45) is 0 Å². The second-order valence-corrected chi connectivity index (χ2v) is 15.2. The molecule has 1 aromatic carbocycles. The summed E-state index contributed by atoms with van der Waals surface area (Å²) in [6.07, 6.45) is 0. The molecule has 0 bridgehead atoms. The fourth-order valence-electron chi connectivity index (χ4n) is 2.31. The molecule has 0 amide bonds. The number of halogens is 5. The quantitative estimate of drug-likeness (QED) is 0.189. The Balaban J connectivity index is 2.86. The van der Waals surface area contributed by atoms with E-state index in [1.165, 1.54) is 4.90 Å². The molecule has 0 aromatic heterocycles. The Labute approximate surface area is 181 Å². The molecule has 0 unspecified atom stereocenters. The van der Waals surface area contributed by atoms with Gasteiger partial charge in [-0.25, -0.2) is 8.78 Å². The summed E-state index contributed by atoms with van der Waals surface area (Å²) in [6.45, 7) is 7.57. The highest BCUT2D eigenvalue weighted by atomic mass is 32.2. The summed E-state index contributed by atoms with van der Waals surface area (Å²) in [7, 11) is -8.22. The first-order valence-electron chi connectivity index (χ1n) is 9.60. The minimum Gasteiger partial charge on any atom is -0.416 e. The van der Waals surface area contributed by atoms with Crippen LogP contribution in [-0.2, 0) is 25.3 Å². The summed E-state index contributed by atoms with van der Waals surface area (Å²) in [5, 5.41) is -0.0823. The number of hydrogen-bond acceptors (Lipinski definition) is 5. The van der Waals surface area contributed by atoms with E-state index < -0.39 is 43.0 Å². The van der Waals surface area contributed by atoms with E-state index in [2.05, 4.69) is 4.18 Å². The summed E-state index contributed by atoms with van der Waals surface area (Å²) >= 11 is 0. The summed E-state index contributed by atoms with van der Waals surface area (Å²) in [5.74, 6) is -3.83. The second kappa shape index (κ2) is 10.2. The lowest BCUT2D eigenvalue weighted by Crippen LogP contribution is -2.45. The molecule has 0 aliphatic rings. The number of nitrogens with zero attached hydrogens (tertiary/aromatic N) is 1. The molecular formula is C19H30F5NO4SSi. The average Bonchev–Trinajstić information content (AvgIpc) is 2.58. The number of rotatable bonds is 11. The van der Waals surface area contributed by atoms with Gasteiger partial charge in [0.1, 0.15) is 6.61 Å². The molecule has 180 valence electrons. The molecule has 5 nitrogen and oxygen atoms in total. The molecule has 0 fully saturated rings. The molecule has 1 rings (SSSR count). The molecule has 12 heteroatoms. The normalized spacial score (nSPS) is 14.3. The van der Waals surface area contributed by atoms with Gasteiger partial charge >= 0.3 is 15.6 Å². The monoisotopic (exact) mass is 491 g/mol. The van der Waals surface area contributed by atoms with Gasteiger partial charge in [0.25, 0.3) is 5.92 Å². The third-order valence-electron chi connectivity index (χ3n) is 5.09. The van der Waals surface area contributed by atoms with Crippen molar-refractivity contribution < 1.29 is 39.0 Å². The lowest BCUT2D eigenvalue weighted by atomic mass is 10.2. The fraction of sp³-hybridized carbons (Fsp3) is 0.684. The van der Waals surface area contributed by atoms with Gasteiger partial charge in [0.15, 0.2) is 8.32 Å². The van der Waals surface area contributed by atoms with Crippen LogP contribution < -0.4 is 0 Å². The van der Waals surface area contributed by atoms with E-state index in [0.29, 0.717) is 0 Å². The summed E-state index contributed by atoms with van der Waals surface area (Å²) in [5.41, 5.74) is -5.04. The number of benzene rings is 1. The lowest BCUT2D eigenvalue weighted by Gasteiger charge is -2.37. The maximum absolute atomic E-state index is 14.3. The summed E-state index contributed by atoms with van der Waals surface area (Å²) < 4.78 is 97.1. The molecule has 0 N–H and O–H groups in total. The van der Waals surface area contributed by atoms with Gasteiger partial charge < -0.3 is 4.43 Å². The fourth-order valence-corrected chi connectivity index (χ4v) is 3.80. The highest BCUT2D eigenvalue weighted by Crippen LogP contribution is 2.36. The predicted octanol–water partition coefficient (Wildman–Crippen LogP) is 5.01. The molecule has 0 radical (unpaired) electrons. The van der Waals surface area contributed by atoms with Crippen molar-refractivity contribution in [1.29, 1.82) is 0 Å². The van der Waals surface area contributed by atoms with E-state index in [-0.39, 0.29) is 24.7 Å². The Morgan fingerprint density at radius 2 is 1.55 bits per heavy atom. The van der Waals surface area contributed by atoms with Crippen molar-refractivity contribution in [3.8, 4) is 0 Å². The van der Waals surface area contributed by atoms with E-state index in [1.54, 1.807) is 30.3 Å². The van der Waals surface area contributed by atoms with Crippen LogP contribution in [0.4, 0.5) is 22.0 Å². The molecule has 0 atom stereocenters. The average molecular weight is 492 g/mol. The standard InChI is InChI=1S/C19H30F5NO4SSi/c1-17(2,3)31(4,5)29-12-11-25(13-16-9-7-6-8-10-16)14-18(20,21)15-28-30(26,27)19(22,23)24/h6-10H,11-15H2,1-5H3. The first-order valence-corrected chi connectivity index (χ1v) is 13.9. The third-order valence-corrected chi connectivity index (χ3v) is 10.6. The molecule has 1 aromatic rings. The third kappa shape index (κ3) is 9.12. The van der Waals surface area contributed by atoms with Crippen molar-refractivity contribution in [2.75, 3.05) is 26.3 Å². The van der Waals surface area contributed by atoms with E-state index in [9.17, 15) is 30.4 Å². The van der Waals surface area contributed by atoms with Gasteiger partial charge in [0, 0.05) is 19.7 Å². The minimum atomic E-state index is -6.10. The van der Waals surface area contributed by atoms with Crippen LogP contribution >= 0.6 is 0 Å². The molecular weight excluding hydrogens is 461 g/mol. The van der Waals surface area contributed by atoms with Crippen molar-refractivity contribution in [3.63, 3.8) is 0 Å². The molecule has 0 heterocycles. The lowest BCUT2D eigenvalue weighted by molar-refractivity contribution is -0.0839. The van der Waals surface area contributed by atoms with Crippen LogP contribution in [0, 0.1) is 0 Å². The van der Waals surface area contributed by atoms with E-state index in [1.807, 2.05) is 33.9 Å². The SMILES string of the molecule is CC(C)(C)[Si](C)(C)OCCN(Cc1ccccc1)CC(F)(F)COS(=O)(=O)C(F)(F)F. The Hall–Kier alpha value is -1.08. The van der Waals surface area contributed by atoms with Gasteiger partial charge in [-0.3, -0.25) is 9.08 Å². The second-order valence-electron chi connectivity index (χ2n) is 8.82. The van der Waals surface area contributed by atoms with Crippen LogP contribution in [0.2, 0.25) is 18.1 Å². The van der Waals surface area contributed by atoms with Gasteiger partial charge in [-0.05, 0) is 23.7 Å². The van der Waals surface area contributed by atoms with Gasteiger partial charge in [-0.2, -0.15) is 21.6 Å². The van der Waals surface area contributed by atoms with E-state index in [4.69, 9.17) is 4.43 Å². The van der Waals surface area contributed by atoms with Gasteiger partial charge in [-0.15, -0.1) is 0 Å². The highest BCUT2D eigenvalue weighted by molar-refractivity contribution is 7.87. The minimum absolute atomic E-state index is 0.0823. The van der Waals surface area contributed by atoms with Crippen molar-refractivity contribution in [1.82, 2.24) is 4.90 Å². The van der Waals surface area contributed by atoms with Gasteiger partial charge in [0.05, 0.1) is 6.54 Å². The van der Waals surface area contributed by atoms with Crippen molar-refractivity contribution in [3.05, 3.63) is 35.9 Å². The van der Waals surface area contributed by atoms with Gasteiger partial charge in [-0.1, -0.05) is 51.1 Å².